The molecule has 0 aromatic heterocycles. The van der Waals surface area contributed by atoms with Crippen molar-refractivity contribution in [2.24, 2.45) is 0 Å². The van der Waals surface area contributed by atoms with Crippen molar-refractivity contribution < 1.29 is 14.6 Å². The van der Waals surface area contributed by atoms with E-state index in [1.165, 1.54) is 0 Å². The number of nitrogens with zero attached hydrogens (tertiary/aromatic N) is 1. The maximum absolute atomic E-state index is 13.0. The number of hydrogen-bond donors (Lipinski definition) is 3. The monoisotopic (exact) mass is 459 g/mol. The van der Waals surface area contributed by atoms with Crippen LogP contribution >= 0.6 is 11.6 Å². The fourth-order valence-electron chi connectivity index (χ4n) is 4.94. The molecule has 1 heterocycles. The molecule has 32 heavy (non-hydrogen) atoms. The first-order chi connectivity index (χ1) is 15.0. The van der Waals surface area contributed by atoms with Gasteiger partial charge in [-0.25, -0.2) is 0 Å². The van der Waals surface area contributed by atoms with Crippen LogP contribution in [0.4, 0.5) is 5.69 Å². The molecule has 1 fully saturated rings. The quantitative estimate of drug-likeness (QED) is 0.515. The van der Waals surface area contributed by atoms with E-state index in [2.05, 4.69) is 37.9 Å². The van der Waals surface area contributed by atoms with Crippen molar-refractivity contribution in [1.82, 2.24) is 10.2 Å². The molecular weight excluding hydrogens is 426 g/mol. The van der Waals surface area contributed by atoms with Crippen LogP contribution in [0.3, 0.4) is 0 Å². The predicted molar refractivity (Wildman–Crippen MR) is 129 cm³/mol. The number of para-hydroxylation sites is 2. The lowest BCUT2D eigenvalue weighted by atomic mass is 9.76. The third-order valence-electron chi connectivity index (χ3n) is 6.16. The van der Waals surface area contributed by atoms with Crippen molar-refractivity contribution >= 4 is 23.2 Å². The highest BCUT2D eigenvalue weighted by molar-refractivity contribution is 6.32. The van der Waals surface area contributed by atoms with E-state index in [0.29, 0.717) is 27.8 Å². The first-order valence-electron chi connectivity index (χ1n) is 11.0. The number of nitrogen functional groups attached to an aromatic ring is 1. The number of halogens is 1. The molecule has 4 N–H and O–H groups in total. The van der Waals surface area contributed by atoms with Crippen LogP contribution in [-0.4, -0.2) is 46.2 Å². The third-order valence-corrected chi connectivity index (χ3v) is 6.46. The number of aliphatic hydroxyl groups excluding tert-OH is 1. The van der Waals surface area contributed by atoms with E-state index in [-0.39, 0.29) is 29.6 Å². The summed E-state index contributed by atoms with van der Waals surface area (Å²) < 4.78 is 5.81. The second kappa shape index (κ2) is 9.69. The Morgan fingerprint density at radius 1 is 1.16 bits per heavy atom. The van der Waals surface area contributed by atoms with Crippen LogP contribution in [0.25, 0.3) is 0 Å². The normalized spacial score (nSPS) is 18.3. The largest absolute Gasteiger partial charge is 0.454 e. The first kappa shape index (κ1) is 24.4. The van der Waals surface area contributed by atoms with Crippen LogP contribution in [-0.2, 0) is 0 Å². The number of benzene rings is 2. The molecule has 0 radical (unpaired) electrons. The molecule has 0 aliphatic carbocycles. The van der Waals surface area contributed by atoms with Gasteiger partial charge in [-0.2, -0.15) is 0 Å². The number of nitrogens with one attached hydrogen (secondary N) is 1. The molecule has 0 bridgehead atoms. The van der Waals surface area contributed by atoms with Gasteiger partial charge in [-0.1, -0.05) is 23.7 Å². The van der Waals surface area contributed by atoms with E-state index < -0.39 is 0 Å². The minimum Gasteiger partial charge on any atom is -0.454 e. The van der Waals surface area contributed by atoms with Crippen molar-refractivity contribution in [2.45, 2.75) is 64.1 Å². The summed E-state index contributed by atoms with van der Waals surface area (Å²) in [5.74, 6) is 0.808. The molecule has 1 aliphatic heterocycles. The van der Waals surface area contributed by atoms with Crippen molar-refractivity contribution in [1.29, 1.82) is 0 Å². The van der Waals surface area contributed by atoms with E-state index in [9.17, 15) is 9.90 Å². The van der Waals surface area contributed by atoms with Gasteiger partial charge >= 0.3 is 0 Å². The van der Waals surface area contributed by atoms with Gasteiger partial charge in [-0.3, -0.25) is 9.69 Å². The SMILES string of the molecule is CC1(C)CC(NC(=O)c2ccc(Oc3ccccc3N)c(Cl)c2)CC(C)(C)N1CCCO. The summed E-state index contributed by atoms with van der Waals surface area (Å²) in [6.07, 6.45) is 2.40. The summed E-state index contributed by atoms with van der Waals surface area (Å²) in [5, 5.41) is 12.8. The Morgan fingerprint density at radius 2 is 1.81 bits per heavy atom. The van der Waals surface area contributed by atoms with Crippen LogP contribution in [0.1, 0.15) is 57.3 Å². The van der Waals surface area contributed by atoms with E-state index in [1.807, 2.05) is 12.1 Å². The Labute approximate surface area is 195 Å². The molecule has 174 valence electrons. The molecule has 0 saturated carbocycles. The topological polar surface area (TPSA) is 87.8 Å². The average molecular weight is 460 g/mol. The van der Waals surface area contributed by atoms with Gasteiger partial charge in [-0.15, -0.1) is 0 Å². The zero-order valence-electron chi connectivity index (χ0n) is 19.3. The number of nitrogens with two attached hydrogens (primary N) is 1. The summed E-state index contributed by atoms with van der Waals surface area (Å²) in [4.78, 5) is 15.4. The molecule has 0 unspecified atom stereocenters. The van der Waals surface area contributed by atoms with Gasteiger partial charge in [0.2, 0.25) is 0 Å². The number of amides is 1. The van der Waals surface area contributed by atoms with Crippen LogP contribution in [0, 0.1) is 0 Å². The number of rotatable bonds is 7. The van der Waals surface area contributed by atoms with E-state index in [4.69, 9.17) is 22.1 Å². The Balaban J connectivity index is 1.69. The number of carbonyl (C=O) groups excluding carboxylic acids is 1. The molecule has 0 spiro atoms. The van der Waals surface area contributed by atoms with E-state index in [1.54, 1.807) is 30.3 Å². The summed E-state index contributed by atoms with van der Waals surface area (Å²) in [6, 6.07) is 12.2. The number of carbonyl (C=O) groups is 1. The predicted octanol–water partition coefficient (Wildman–Crippen LogP) is 4.85. The number of aliphatic hydroxyl groups is 1. The van der Waals surface area contributed by atoms with Crippen LogP contribution in [0.5, 0.6) is 11.5 Å². The van der Waals surface area contributed by atoms with Gasteiger partial charge in [0.25, 0.3) is 5.91 Å². The van der Waals surface area contributed by atoms with Crippen molar-refractivity contribution in [3.63, 3.8) is 0 Å². The highest BCUT2D eigenvalue weighted by Gasteiger charge is 2.45. The molecular formula is C25H34ClN3O3. The zero-order chi connectivity index (χ0) is 23.5. The Morgan fingerprint density at radius 3 is 2.41 bits per heavy atom. The molecule has 0 atom stereocenters. The van der Waals surface area contributed by atoms with Crippen LogP contribution < -0.4 is 15.8 Å². The van der Waals surface area contributed by atoms with Gasteiger partial charge in [0.05, 0.1) is 10.7 Å². The van der Waals surface area contributed by atoms with Gasteiger partial charge in [0.1, 0.15) is 11.5 Å². The van der Waals surface area contributed by atoms with Crippen molar-refractivity contribution in [3.05, 3.63) is 53.1 Å². The van der Waals surface area contributed by atoms with Crippen molar-refractivity contribution in [3.8, 4) is 11.5 Å². The smallest absolute Gasteiger partial charge is 0.251 e. The second-order valence-electron chi connectivity index (χ2n) is 9.72. The number of anilines is 1. The lowest BCUT2D eigenvalue weighted by Crippen LogP contribution is -2.64. The molecule has 3 rings (SSSR count). The highest BCUT2D eigenvalue weighted by atomic mass is 35.5. The van der Waals surface area contributed by atoms with Gasteiger partial charge < -0.3 is 20.9 Å². The molecule has 2 aromatic carbocycles. The summed E-state index contributed by atoms with van der Waals surface area (Å²) in [5.41, 5.74) is 6.74. The van der Waals surface area contributed by atoms with Gasteiger partial charge in [0.15, 0.2) is 0 Å². The minimum atomic E-state index is -0.155. The first-order valence-corrected chi connectivity index (χ1v) is 11.4. The lowest BCUT2D eigenvalue weighted by Gasteiger charge is -2.55. The molecule has 7 heteroatoms. The number of piperidine rings is 1. The summed E-state index contributed by atoms with van der Waals surface area (Å²) in [6.45, 7) is 9.80. The zero-order valence-corrected chi connectivity index (χ0v) is 20.1. The van der Waals surface area contributed by atoms with Gasteiger partial charge in [-0.05, 0) is 77.3 Å². The average Bonchev–Trinajstić information content (AvgIpc) is 2.69. The fraction of sp³-hybridized carbons (Fsp3) is 0.480. The standard InChI is InChI=1S/C25H34ClN3O3/c1-24(2)15-18(16-25(3,4)29(24)12-7-13-30)28-23(31)17-10-11-21(19(26)14-17)32-22-9-6-5-8-20(22)27/h5-6,8-11,14,18,30H,7,12-13,15-16,27H2,1-4H3,(H,28,31). The molecule has 1 aliphatic rings. The number of likely N-dealkylation sites (tertiary alicyclic amines) is 1. The molecule has 6 nitrogen and oxygen atoms in total. The Kier molecular flexibility index (Phi) is 7.38. The number of hydrogen-bond acceptors (Lipinski definition) is 5. The van der Waals surface area contributed by atoms with Crippen molar-refractivity contribution in [2.75, 3.05) is 18.9 Å². The Bertz CT molecular complexity index is 943. The maximum Gasteiger partial charge on any atom is 0.251 e. The molecule has 1 amide bonds. The van der Waals surface area contributed by atoms with E-state index >= 15 is 0 Å². The maximum atomic E-state index is 13.0. The summed E-state index contributed by atoms with van der Waals surface area (Å²) in [7, 11) is 0. The van der Waals surface area contributed by atoms with Crippen LogP contribution in [0.15, 0.2) is 42.5 Å². The van der Waals surface area contributed by atoms with E-state index in [0.717, 1.165) is 25.8 Å². The molecule has 1 saturated heterocycles. The summed E-state index contributed by atoms with van der Waals surface area (Å²) >= 11 is 6.40. The Hall–Kier alpha value is -2.28. The van der Waals surface area contributed by atoms with Gasteiger partial charge in [0, 0.05) is 35.8 Å². The lowest BCUT2D eigenvalue weighted by molar-refractivity contribution is -0.0418. The highest BCUT2D eigenvalue weighted by Crippen LogP contribution is 2.39. The second-order valence-corrected chi connectivity index (χ2v) is 10.1. The molecule has 2 aromatic rings. The van der Waals surface area contributed by atoms with Crippen LogP contribution in [0.2, 0.25) is 5.02 Å². The fourth-order valence-corrected chi connectivity index (χ4v) is 5.16. The minimum absolute atomic E-state index is 0.0386. The third kappa shape index (κ3) is 5.55. The number of ether oxygens (including phenoxy) is 1.